The molecule has 0 radical (unpaired) electrons. The van der Waals surface area contributed by atoms with Gasteiger partial charge in [0.25, 0.3) is 5.82 Å². The molecule has 0 bridgehead atoms. The molecule has 0 saturated carbocycles. The first-order valence-corrected chi connectivity index (χ1v) is 14.9. The van der Waals surface area contributed by atoms with E-state index >= 15 is 0 Å². The van der Waals surface area contributed by atoms with Crippen molar-refractivity contribution in [1.29, 1.82) is 0 Å². The molecule has 0 aliphatic carbocycles. The topological polar surface area (TPSA) is 8.81 Å². The van der Waals surface area contributed by atoms with Crippen LogP contribution in [0.3, 0.4) is 0 Å². The second-order valence-electron chi connectivity index (χ2n) is 10.2. The van der Waals surface area contributed by atoms with Crippen LogP contribution in [0.5, 0.6) is 0 Å². The lowest BCUT2D eigenvalue weighted by Gasteiger charge is -2.06. The average molecular weight is 448 g/mol. The maximum atomic E-state index is 2.56. The van der Waals surface area contributed by atoms with E-state index in [0.29, 0.717) is 0 Å². The first-order valence-electron chi connectivity index (χ1n) is 14.9. The van der Waals surface area contributed by atoms with Gasteiger partial charge in [0.05, 0.1) is 13.1 Å². The summed E-state index contributed by atoms with van der Waals surface area (Å²) < 4.78 is 5.07. The molecule has 0 fully saturated rings. The minimum Gasteiger partial charge on any atom is -0.234 e. The molecule has 0 aliphatic rings. The van der Waals surface area contributed by atoms with Gasteiger partial charge in [0, 0.05) is 6.42 Å². The van der Waals surface area contributed by atoms with Gasteiger partial charge in [-0.1, -0.05) is 130 Å². The quantitative estimate of drug-likeness (QED) is 0.110. The van der Waals surface area contributed by atoms with E-state index in [-0.39, 0.29) is 0 Å². The Labute approximate surface area is 202 Å². The minimum absolute atomic E-state index is 1.18. The summed E-state index contributed by atoms with van der Waals surface area (Å²) >= 11 is 0. The Morgan fingerprint density at radius 2 is 0.969 bits per heavy atom. The van der Waals surface area contributed by atoms with E-state index in [0.717, 1.165) is 0 Å². The molecule has 188 valence electrons. The summed E-state index contributed by atoms with van der Waals surface area (Å²) in [5.74, 6) is 1.57. The van der Waals surface area contributed by atoms with Crippen LogP contribution in [-0.4, -0.2) is 4.57 Å². The Balaban J connectivity index is 2.00. The third-order valence-electron chi connectivity index (χ3n) is 7.06. The second-order valence-corrected chi connectivity index (χ2v) is 10.2. The lowest BCUT2D eigenvalue weighted by Crippen LogP contribution is -2.37. The number of aromatic nitrogens is 2. The van der Waals surface area contributed by atoms with Gasteiger partial charge in [0.1, 0.15) is 12.4 Å². The van der Waals surface area contributed by atoms with Crippen molar-refractivity contribution in [2.24, 2.45) is 0 Å². The Morgan fingerprint density at radius 3 is 1.44 bits per heavy atom. The van der Waals surface area contributed by atoms with Crippen LogP contribution in [0.15, 0.2) is 12.4 Å². The summed E-state index contributed by atoms with van der Waals surface area (Å²) in [5.41, 5.74) is 0. The Bertz CT molecular complexity index is 505. The van der Waals surface area contributed by atoms with Crippen molar-refractivity contribution >= 4 is 0 Å². The van der Waals surface area contributed by atoms with Gasteiger partial charge in [0.2, 0.25) is 0 Å². The fraction of sp³-hybridized carbons (Fsp3) is 0.900. The molecule has 0 spiro atoms. The lowest BCUT2D eigenvalue weighted by molar-refractivity contribution is -0.703. The van der Waals surface area contributed by atoms with Crippen LogP contribution in [0, 0.1) is 0 Å². The van der Waals surface area contributed by atoms with Crippen molar-refractivity contribution in [1.82, 2.24) is 4.57 Å². The molecule has 0 atom stereocenters. The predicted molar refractivity (Wildman–Crippen MR) is 142 cm³/mol. The van der Waals surface area contributed by atoms with E-state index in [4.69, 9.17) is 0 Å². The van der Waals surface area contributed by atoms with Crippen LogP contribution < -0.4 is 4.57 Å². The molecule has 0 aliphatic heterocycles. The highest BCUT2D eigenvalue weighted by Gasteiger charge is 2.15. The number of imidazole rings is 1. The van der Waals surface area contributed by atoms with E-state index in [1.54, 1.807) is 5.82 Å². The summed E-state index contributed by atoms with van der Waals surface area (Å²) in [6, 6.07) is 0. The highest BCUT2D eigenvalue weighted by atomic mass is 15.1. The molecule has 1 heterocycles. The van der Waals surface area contributed by atoms with Gasteiger partial charge in [-0.3, -0.25) is 0 Å². The molecule has 1 aromatic heterocycles. The van der Waals surface area contributed by atoms with Gasteiger partial charge in [-0.25, -0.2) is 9.13 Å². The molecule has 2 heteroatoms. The standard InChI is InChI=1S/C30H59N2/c1-4-7-9-11-12-13-14-15-16-17-18-19-20-21-22-24-27-32-29-28-31(26-6-3)30(32)25-23-10-8-5-2/h28-29H,4-27H2,1-3H3/q+1. The lowest BCUT2D eigenvalue weighted by atomic mass is 10.0. The Hall–Kier alpha value is -0.790. The van der Waals surface area contributed by atoms with E-state index in [2.05, 4.69) is 42.3 Å². The van der Waals surface area contributed by atoms with Crippen LogP contribution in [0.4, 0.5) is 0 Å². The zero-order valence-electron chi connectivity index (χ0n) is 22.5. The van der Waals surface area contributed by atoms with E-state index in [1.165, 1.54) is 154 Å². The van der Waals surface area contributed by atoms with Crippen molar-refractivity contribution in [3.8, 4) is 0 Å². The van der Waals surface area contributed by atoms with Crippen LogP contribution in [0.2, 0.25) is 0 Å². The highest BCUT2D eigenvalue weighted by molar-refractivity contribution is 4.84. The van der Waals surface area contributed by atoms with Crippen molar-refractivity contribution in [2.45, 2.75) is 175 Å². The normalized spacial score (nSPS) is 11.5. The zero-order valence-corrected chi connectivity index (χ0v) is 22.5. The summed E-state index contributed by atoms with van der Waals surface area (Å²) in [5, 5.41) is 0. The highest BCUT2D eigenvalue weighted by Crippen LogP contribution is 2.14. The molecule has 1 rings (SSSR count). The predicted octanol–water partition coefficient (Wildman–Crippen LogP) is 9.57. The fourth-order valence-corrected chi connectivity index (χ4v) is 4.97. The number of hydrogen-bond acceptors (Lipinski definition) is 0. The van der Waals surface area contributed by atoms with E-state index < -0.39 is 0 Å². The van der Waals surface area contributed by atoms with Crippen LogP contribution in [0.1, 0.15) is 161 Å². The average Bonchev–Trinajstić information content (AvgIpc) is 3.18. The first-order chi connectivity index (χ1) is 15.8. The summed E-state index contributed by atoms with van der Waals surface area (Å²) in [4.78, 5) is 0. The van der Waals surface area contributed by atoms with Crippen molar-refractivity contribution in [3.05, 3.63) is 18.2 Å². The van der Waals surface area contributed by atoms with Gasteiger partial charge in [-0.2, -0.15) is 0 Å². The SMILES string of the molecule is CCCCCCCCCCCCCCCCCCn1cc[n+](CCC)c1CCCCCC. The largest absolute Gasteiger partial charge is 0.256 e. The molecular weight excluding hydrogens is 388 g/mol. The maximum Gasteiger partial charge on any atom is 0.256 e. The molecule has 0 amide bonds. The molecule has 0 N–H and O–H groups in total. The van der Waals surface area contributed by atoms with E-state index in [9.17, 15) is 0 Å². The van der Waals surface area contributed by atoms with Gasteiger partial charge < -0.3 is 0 Å². The summed E-state index contributed by atoms with van der Waals surface area (Å²) in [6.07, 6.45) is 35.7. The fourth-order valence-electron chi connectivity index (χ4n) is 4.97. The van der Waals surface area contributed by atoms with Crippen LogP contribution >= 0.6 is 0 Å². The number of unbranched alkanes of at least 4 members (excludes halogenated alkanes) is 18. The monoisotopic (exact) mass is 447 g/mol. The first kappa shape index (κ1) is 29.2. The molecule has 32 heavy (non-hydrogen) atoms. The van der Waals surface area contributed by atoms with Gasteiger partial charge in [0.15, 0.2) is 0 Å². The Morgan fingerprint density at radius 1 is 0.531 bits per heavy atom. The number of hydrogen-bond donors (Lipinski definition) is 0. The third-order valence-corrected chi connectivity index (χ3v) is 7.06. The van der Waals surface area contributed by atoms with E-state index in [1.807, 2.05) is 0 Å². The van der Waals surface area contributed by atoms with Crippen molar-refractivity contribution in [3.63, 3.8) is 0 Å². The van der Waals surface area contributed by atoms with Crippen molar-refractivity contribution in [2.75, 3.05) is 0 Å². The smallest absolute Gasteiger partial charge is 0.234 e. The number of nitrogens with zero attached hydrogens (tertiary/aromatic N) is 2. The summed E-state index contributed by atoms with van der Waals surface area (Å²) in [7, 11) is 0. The number of aryl methyl sites for hydroxylation is 2. The third kappa shape index (κ3) is 15.1. The molecule has 2 nitrogen and oxygen atoms in total. The minimum atomic E-state index is 1.18. The molecular formula is C30H59N2+. The van der Waals surface area contributed by atoms with Crippen molar-refractivity contribution < 1.29 is 4.57 Å². The van der Waals surface area contributed by atoms with Crippen LogP contribution in [0.25, 0.3) is 0 Å². The molecule has 0 saturated heterocycles. The van der Waals surface area contributed by atoms with Gasteiger partial charge in [-0.15, -0.1) is 0 Å². The summed E-state index contributed by atoms with van der Waals surface area (Å²) in [6.45, 7) is 9.29. The number of rotatable bonds is 24. The van der Waals surface area contributed by atoms with Gasteiger partial charge in [-0.05, 0) is 25.7 Å². The molecule has 0 unspecified atom stereocenters. The molecule has 0 aromatic carbocycles. The molecule has 1 aromatic rings. The second kappa shape index (κ2) is 22.0. The zero-order chi connectivity index (χ0) is 23.1. The maximum absolute atomic E-state index is 2.56. The van der Waals surface area contributed by atoms with Gasteiger partial charge >= 0.3 is 0 Å². The Kier molecular flexibility index (Phi) is 20.1. The van der Waals surface area contributed by atoms with Crippen LogP contribution in [-0.2, 0) is 19.5 Å².